The van der Waals surface area contributed by atoms with Crippen molar-refractivity contribution in [1.29, 1.82) is 0 Å². The predicted molar refractivity (Wildman–Crippen MR) is 117 cm³/mol. The second-order valence-electron chi connectivity index (χ2n) is 7.53. The van der Waals surface area contributed by atoms with Gasteiger partial charge in [0.05, 0.1) is 19.3 Å². The molecule has 2 aliphatic rings. The fourth-order valence-corrected chi connectivity index (χ4v) is 5.55. The van der Waals surface area contributed by atoms with Crippen molar-refractivity contribution in [2.75, 3.05) is 39.1 Å². The van der Waals surface area contributed by atoms with Crippen LogP contribution in [-0.2, 0) is 23.1 Å². The average molecular weight is 433 g/mol. The third kappa shape index (κ3) is 4.99. The van der Waals surface area contributed by atoms with Crippen LogP contribution in [0.25, 0.3) is 0 Å². The lowest BCUT2D eigenvalue weighted by Crippen LogP contribution is -2.49. The summed E-state index contributed by atoms with van der Waals surface area (Å²) >= 11 is 3.53. The first kappa shape index (κ1) is 20.8. The molecule has 0 unspecified atom stereocenters. The van der Waals surface area contributed by atoms with Crippen LogP contribution in [0.15, 0.2) is 46.7 Å². The molecule has 6 nitrogen and oxygen atoms in total. The van der Waals surface area contributed by atoms with E-state index in [2.05, 4.69) is 40.4 Å². The molecular weight excluding hydrogens is 404 g/mol. The van der Waals surface area contributed by atoms with Crippen LogP contribution in [0.4, 0.5) is 0 Å². The normalized spacial score (nSPS) is 22.9. The highest BCUT2D eigenvalue weighted by Crippen LogP contribution is 2.34. The third-order valence-corrected chi connectivity index (χ3v) is 7.59. The minimum Gasteiger partial charge on any atom is -0.378 e. The fraction of sp³-hybridized carbons (Fsp3) is 0.524. The molecule has 29 heavy (non-hydrogen) atoms. The Kier molecular flexibility index (Phi) is 6.85. The molecule has 2 atom stereocenters. The van der Waals surface area contributed by atoms with Gasteiger partial charge in [-0.15, -0.1) is 11.8 Å². The maximum atomic E-state index is 13.3. The molecule has 3 heterocycles. The van der Waals surface area contributed by atoms with E-state index in [0.29, 0.717) is 31.6 Å². The number of imidazole rings is 1. The van der Waals surface area contributed by atoms with E-state index in [0.717, 1.165) is 24.7 Å². The van der Waals surface area contributed by atoms with Crippen molar-refractivity contribution < 1.29 is 9.53 Å². The minimum absolute atomic E-state index is 0.0777. The average Bonchev–Trinajstić information content (AvgIpc) is 3.35. The lowest BCUT2D eigenvalue weighted by molar-refractivity contribution is -0.140. The van der Waals surface area contributed by atoms with Crippen LogP contribution in [0.5, 0.6) is 0 Å². The van der Waals surface area contributed by atoms with Gasteiger partial charge in [-0.2, -0.15) is 0 Å². The van der Waals surface area contributed by atoms with E-state index in [1.165, 1.54) is 10.5 Å². The number of aryl methyl sites for hydroxylation is 1. The molecule has 1 amide bonds. The van der Waals surface area contributed by atoms with Crippen molar-refractivity contribution in [1.82, 2.24) is 19.4 Å². The van der Waals surface area contributed by atoms with Crippen LogP contribution < -0.4 is 0 Å². The summed E-state index contributed by atoms with van der Waals surface area (Å²) in [5, 5.41) is 1.37. The van der Waals surface area contributed by atoms with E-state index >= 15 is 0 Å². The van der Waals surface area contributed by atoms with E-state index in [1.807, 2.05) is 28.9 Å². The number of carbonyl (C=O) groups is 1. The van der Waals surface area contributed by atoms with Crippen LogP contribution in [0.1, 0.15) is 12.0 Å². The Morgan fingerprint density at radius 2 is 2.00 bits per heavy atom. The zero-order valence-corrected chi connectivity index (χ0v) is 18.6. The van der Waals surface area contributed by atoms with E-state index in [9.17, 15) is 4.79 Å². The van der Waals surface area contributed by atoms with Crippen molar-refractivity contribution >= 4 is 29.4 Å². The molecule has 2 aliphatic heterocycles. The van der Waals surface area contributed by atoms with Crippen molar-refractivity contribution in [3.05, 3.63) is 42.2 Å². The molecule has 0 spiro atoms. The molecule has 156 valence electrons. The molecule has 1 aromatic carbocycles. The maximum Gasteiger partial charge on any atom is 0.240 e. The third-order valence-electron chi connectivity index (χ3n) is 5.57. The topological polar surface area (TPSA) is 50.6 Å². The predicted octanol–water partition coefficient (Wildman–Crippen LogP) is 2.74. The first-order valence-electron chi connectivity index (χ1n) is 10.0. The van der Waals surface area contributed by atoms with Crippen molar-refractivity contribution in [2.45, 2.75) is 34.3 Å². The maximum absolute atomic E-state index is 13.3. The Bertz CT molecular complexity index is 820. The van der Waals surface area contributed by atoms with E-state index < -0.39 is 0 Å². The molecule has 4 rings (SSSR count). The number of rotatable bonds is 6. The molecule has 0 saturated carbocycles. The van der Waals surface area contributed by atoms with Crippen LogP contribution in [0.3, 0.4) is 0 Å². The standard InChI is InChI=1S/C21H28N4O2S2/c1-23-8-7-22-21(23)29-18-13-19(20(26)24-9-11-27-12-10-24)25(15-18)14-16-3-5-17(28-2)6-4-16/h3-8,18-19H,9-15H2,1-2H3/t18-,19+/m1/s1. The summed E-state index contributed by atoms with van der Waals surface area (Å²) in [5.74, 6) is 0.247. The number of morpholine rings is 1. The molecule has 8 heteroatoms. The quantitative estimate of drug-likeness (QED) is 0.655. The molecular formula is C21H28N4O2S2. The van der Waals surface area contributed by atoms with Crippen LogP contribution >= 0.6 is 23.5 Å². The molecule has 2 saturated heterocycles. The van der Waals surface area contributed by atoms with Crippen molar-refractivity contribution in [2.24, 2.45) is 7.05 Å². The molecule has 2 fully saturated rings. The summed E-state index contributed by atoms with van der Waals surface area (Å²) in [4.78, 5) is 23.4. The fourth-order valence-electron chi connectivity index (χ4n) is 3.95. The van der Waals surface area contributed by atoms with E-state index in [1.54, 1.807) is 23.5 Å². The Labute approximate surface area is 181 Å². The SMILES string of the molecule is CSc1ccc(CN2C[C@H](Sc3nccn3C)C[C@H]2C(=O)N2CCOCC2)cc1. The molecule has 0 N–H and O–H groups in total. The largest absolute Gasteiger partial charge is 0.378 e. The number of aromatic nitrogens is 2. The lowest BCUT2D eigenvalue weighted by atomic mass is 10.1. The first-order valence-corrected chi connectivity index (χ1v) is 12.1. The van der Waals surface area contributed by atoms with Gasteiger partial charge in [-0.3, -0.25) is 9.69 Å². The summed E-state index contributed by atoms with van der Waals surface area (Å²) in [6.07, 6.45) is 6.75. The van der Waals surface area contributed by atoms with Crippen LogP contribution in [0, 0.1) is 0 Å². The van der Waals surface area contributed by atoms with Gasteiger partial charge in [0.15, 0.2) is 5.16 Å². The second kappa shape index (κ2) is 9.55. The Hall–Kier alpha value is -1.48. The molecule has 0 bridgehead atoms. The van der Waals surface area contributed by atoms with Crippen LogP contribution in [-0.4, -0.2) is 75.7 Å². The molecule has 1 aromatic heterocycles. The molecule has 0 aliphatic carbocycles. The highest BCUT2D eigenvalue weighted by molar-refractivity contribution is 7.99. The van der Waals surface area contributed by atoms with Gasteiger partial charge in [-0.25, -0.2) is 4.98 Å². The van der Waals surface area contributed by atoms with Gasteiger partial charge in [0, 0.05) is 55.8 Å². The molecule has 0 radical (unpaired) electrons. The Balaban J connectivity index is 1.49. The summed E-state index contributed by atoms with van der Waals surface area (Å²) in [6, 6.07) is 8.61. The molecule has 2 aromatic rings. The minimum atomic E-state index is -0.0777. The van der Waals surface area contributed by atoms with Crippen molar-refractivity contribution in [3.63, 3.8) is 0 Å². The number of amides is 1. The number of likely N-dealkylation sites (tertiary alicyclic amines) is 1. The summed E-state index contributed by atoms with van der Waals surface area (Å²) in [5.41, 5.74) is 1.25. The number of carbonyl (C=O) groups excluding carboxylic acids is 1. The lowest BCUT2D eigenvalue weighted by Gasteiger charge is -2.32. The Morgan fingerprint density at radius 1 is 1.24 bits per heavy atom. The zero-order chi connectivity index (χ0) is 20.2. The summed E-state index contributed by atoms with van der Waals surface area (Å²) in [7, 11) is 2.02. The smallest absolute Gasteiger partial charge is 0.240 e. The van der Waals surface area contributed by atoms with Gasteiger partial charge in [-0.1, -0.05) is 23.9 Å². The van der Waals surface area contributed by atoms with Crippen molar-refractivity contribution in [3.8, 4) is 0 Å². The van der Waals surface area contributed by atoms with Gasteiger partial charge in [0.1, 0.15) is 0 Å². The monoisotopic (exact) mass is 432 g/mol. The first-order chi connectivity index (χ1) is 14.1. The number of hydrogen-bond acceptors (Lipinski definition) is 6. The zero-order valence-electron chi connectivity index (χ0n) is 17.0. The number of ether oxygens (including phenoxy) is 1. The number of thioether (sulfide) groups is 2. The highest BCUT2D eigenvalue weighted by Gasteiger charge is 2.39. The van der Waals surface area contributed by atoms with Gasteiger partial charge >= 0.3 is 0 Å². The van der Waals surface area contributed by atoms with Gasteiger partial charge < -0.3 is 14.2 Å². The van der Waals surface area contributed by atoms with Gasteiger partial charge in [0.2, 0.25) is 5.91 Å². The Morgan fingerprint density at radius 3 is 2.66 bits per heavy atom. The van der Waals surface area contributed by atoms with Crippen LogP contribution in [0.2, 0.25) is 0 Å². The summed E-state index contributed by atoms with van der Waals surface area (Å²) in [6.45, 7) is 4.36. The van der Waals surface area contributed by atoms with E-state index in [-0.39, 0.29) is 11.9 Å². The highest BCUT2D eigenvalue weighted by atomic mass is 32.2. The summed E-state index contributed by atoms with van der Waals surface area (Å²) < 4.78 is 7.49. The number of hydrogen-bond donors (Lipinski definition) is 0. The number of benzene rings is 1. The van der Waals surface area contributed by atoms with E-state index in [4.69, 9.17) is 4.74 Å². The van der Waals surface area contributed by atoms with Gasteiger partial charge in [-0.05, 0) is 30.4 Å². The second-order valence-corrected chi connectivity index (χ2v) is 9.67. The van der Waals surface area contributed by atoms with Gasteiger partial charge in [0.25, 0.3) is 0 Å². The number of nitrogens with zero attached hydrogens (tertiary/aromatic N) is 4.